The Bertz CT molecular complexity index is 1360. The van der Waals surface area contributed by atoms with Gasteiger partial charge in [-0.2, -0.15) is 4.31 Å². The van der Waals surface area contributed by atoms with E-state index in [0.717, 1.165) is 52.4 Å². The molecule has 0 spiro atoms. The fourth-order valence-electron chi connectivity index (χ4n) is 5.33. The molecule has 2 amide bonds. The summed E-state index contributed by atoms with van der Waals surface area (Å²) in [7, 11) is -3.94. The van der Waals surface area contributed by atoms with Gasteiger partial charge in [0.15, 0.2) is 0 Å². The molecule has 0 radical (unpaired) electrons. The fraction of sp³-hybridized carbons (Fsp3) is 0.484. The lowest BCUT2D eigenvalue weighted by molar-refractivity contribution is -0.132. The van der Waals surface area contributed by atoms with Crippen LogP contribution in [0.1, 0.15) is 68.3 Å². The molecule has 8 nitrogen and oxygen atoms in total. The van der Waals surface area contributed by atoms with Crippen LogP contribution in [0.3, 0.4) is 0 Å². The molecule has 9 heteroatoms. The molecule has 1 aliphatic heterocycles. The van der Waals surface area contributed by atoms with Gasteiger partial charge in [-0.3, -0.25) is 9.59 Å². The maximum Gasteiger partial charge on any atom is 0.243 e. The van der Waals surface area contributed by atoms with E-state index >= 15 is 0 Å². The molecule has 1 saturated heterocycles. The molecule has 0 saturated carbocycles. The fourth-order valence-corrected chi connectivity index (χ4v) is 6.91. The van der Waals surface area contributed by atoms with Gasteiger partial charge in [0.05, 0.1) is 17.4 Å². The number of hydrogen-bond acceptors (Lipinski definition) is 5. The molecule has 216 valence electrons. The number of hydrogen-bond donors (Lipinski definition) is 3. The van der Waals surface area contributed by atoms with Crippen molar-refractivity contribution >= 4 is 27.4 Å². The third kappa shape index (κ3) is 7.19. The number of benzene rings is 2. The number of fused-ring (bicyclic) bond motifs is 1. The Morgan fingerprint density at radius 3 is 2.58 bits per heavy atom. The van der Waals surface area contributed by atoms with Crippen LogP contribution in [0.25, 0.3) is 5.57 Å². The molecule has 2 aromatic carbocycles. The van der Waals surface area contributed by atoms with Crippen LogP contribution in [0.4, 0.5) is 0 Å². The van der Waals surface area contributed by atoms with E-state index in [1.165, 1.54) is 17.7 Å². The number of amides is 2. The summed E-state index contributed by atoms with van der Waals surface area (Å²) >= 11 is 0. The standard InChI is InChI=1S/C31H42N4O4S/c1-21-9-12-25(13-10-21)40(38,39)35-16-15-33-30(37)28(35)18-29(36)34-27-8-6-7-24-17-23(11-14-26(24)27)22(2)19-32-20-31(3,4)5/h9-14,17,27-28,32H,2,6-8,15-16,18-20H2,1,3-5H3,(H,33,37)(H,34,36)/t27-,28?/m1/s1. The summed E-state index contributed by atoms with van der Waals surface area (Å²) in [6.45, 7) is 14.6. The van der Waals surface area contributed by atoms with E-state index in [-0.39, 0.29) is 41.8 Å². The summed E-state index contributed by atoms with van der Waals surface area (Å²) in [6.07, 6.45) is 2.39. The molecule has 2 atom stereocenters. The largest absolute Gasteiger partial charge is 0.353 e. The molecular weight excluding hydrogens is 524 g/mol. The van der Waals surface area contributed by atoms with Crippen LogP contribution in [0, 0.1) is 12.3 Å². The third-order valence-electron chi connectivity index (χ3n) is 7.48. The highest BCUT2D eigenvalue weighted by Gasteiger charge is 2.40. The number of rotatable bonds is 9. The highest BCUT2D eigenvalue weighted by atomic mass is 32.2. The predicted octanol–water partition coefficient (Wildman–Crippen LogP) is 3.72. The zero-order valence-electron chi connectivity index (χ0n) is 24.0. The van der Waals surface area contributed by atoms with Gasteiger partial charge in [-0.1, -0.05) is 63.2 Å². The van der Waals surface area contributed by atoms with Crippen molar-refractivity contribution in [2.75, 3.05) is 26.2 Å². The van der Waals surface area contributed by atoms with Crippen molar-refractivity contribution in [1.82, 2.24) is 20.3 Å². The molecule has 3 N–H and O–H groups in total. The Morgan fingerprint density at radius 1 is 1.15 bits per heavy atom. The first-order chi connectivity index (χ1) is 18.8. The third-order valence-corrected chi connectivity index (χ3v) is 9.40. The first-order valence-electron chi connectivity index (χ1n) is 14.0. The Hall–Kier alpha value is -3.01. The number of sulfonamides is 1. The number of piperazine rings is 1. The molecule has 1 unspecified atom stereocenters. The lowest BCUT2D eigenvalue weighted by atomic mass is 9.85. The van der Waals surface area contributed by atoms with Crippen LogP contribution in [0.2, 0.25) is 0 Å². The lowest BCUT2D eigenvalue weighted by Crippen LogP contribution is -2.58. The predicted molar refractivity (Wildman–Crippen MR) is 158 cm³/mol. The van der Waals surface area contributed by atoms with E-state index in [1.807, 2.05) is 6.92 Å². The molecule has 0 bridgehead atoms. The minimum absolute atomic E-state index is 0.115. The van der Waals surface area contributed by atoms with Gasteiger partial charge >= 0.3 is 0 Å². The second kappa shape index (κ2) is 12.2. The Kier molecular flexibility index (Phi) is 9.17. The molecule has 1 heterocycles. The SMILES string of the molecule is C=C(CNCC(C)(C)C)c1ccc2c(c1)CCC[C@H]2NC(=O)CC1C(=O)NCCN1S(=O)(=O)c1ccc(C)cc1. The molecule has 2 aromatic rings. The molecule has 40 heavy (non-hydrogen) atoms. The maximum absolute atomic E-state index is 13.4. The summed E-state index contributed by atoms with van der Waals surface area (Å²) in [4.78, 5) is 26.1. The van der Waals surface area contributed by atoms with E-state index in [1.54, 1.807) is 12.1 Å². The van der Waals surface area contributed by atoms with Gasteiger partial charge < -0.3 is 16.0 Å². The minimum Gasteiger partial charge on any atom is -0.353 e. The van der Waals surface area contributed by atoms with Gasteiger partial charge in [0.2, 0.25) is 21.8 Å². The van der Waals surface area contributed by atoms with Crippen molar-refractivity contribution in [3.8, 4) is 0 Å². The van der Waals surface area contributed by atoms with Gasteiger partial charge in [0.1, 0.15) is 6.04 Å². The molecule has 0 aromatic heterocycles. The van der Waals surface area contributed by atoms with E-state index < -0.39 is 22.0 Å². The van der Waals surface area contributed by atoms with Crippen LogP contribution < -0.4 is 16.0 Å². The van der Waals surface area contributed by atoms with Gasteiger partial charge in [0, 0.05) is 26.2 Å². The monoisotopic (exact) mass is 566 g/mol. The summed E-state index contributed by atoms with van der Waals surface area (Å²) < 4.78 is 28.0. The van der Waals surface area contributed by atoms with Crippen molar-refractivity contribution < 1.29 is 18.0 Å². The second-order valence-corrected chi connectivity index (χ2v) is 14.0. The van der Waals surface area contributed by atoms with Crippen molar-refractivity contribution in [1.29, 1.82) is 0 Å². The van der Waals surface area contributed by atoms with E-state index in [0.29, 0.717) is 6.54 Å². The minimum atomic E-state index is -3.94. The summed E-state index contributed by atoms with van der Waals surface area (Å²) in [6, 6.07) is 11.5. The van der Waals surface area contributed by atoms with Gasteiger partial charge in [-0.25, -0.2) is 8.42 Å². The molecule has 4 rings (SSSR count). The Balaban J connectivity index is 1.44. The number of carbonyl (C=O) groups excluding carboxylic acids is 2. The number of nitrogens with zero attached hydrogens (tertiary/aromatic N) is 1. The van der Waals surface area contributed by atoms with Crippen molar-refractivity contribution in [2.24, 2.45) is 5.41 Å². The lowest BCUT2D eigenvalue weighted by Gasteiger charge is -2.34. The summed E-state index contributed by atoms with van der Waals surface area (Å²) in [5.41, 5.74) is 5.50. The zero-order valence-corrected chi connectivity index (χ0v) is 24.9. The normalized spacial score (nSPS) is 19.9. The Labute approximate surface area is 238 Å². The second-order valence-electron chi connectivity index (χ2n) is 12.1. The van der Waals surface area contributed by atoms with Crippen LogP contribution in [0.15, 0.2) is 53.9 Å². The first-order valence-corrected chi connectivity index (χ1v) is 15.5. The highest BCUT2D eigenvalue weighted by molar-refractivity contribution is 7.89. The topological polar surface area (TPSA) is 108 Å². The average molecular weight is 567 g/mol. The number of nitrogens with one attached hydrogen (secondary N) is 3. The van der Waals surface area contributed by atoms with Crippen LogP contribution >= 0.6 is 0 Å². The van der Waals surface area contributed by atoms with Gasteiger partial charge in [-0.15, -0.1) is 0 Å². The maximum atomic E-state index is 13.4. The van der Waals surface area contributed by atoms with Crippen LogP contribution in [-0.4, -0.2) is 56.8 Å². The van der Waals surface area contributed by atoms with Crippen molar-refractivity contribution in [2.45, 2.75) is 70.4 Å². The number of aryl methyl sites for hydroxylation is 2. The Morgan fingerprint density at radius 2 is 1.88 bits per heavy atom. The van der Waals surface area contributed by atoms with Crippen molar-refractivity contribution in [3.05, 3.63) is 71.3 Å². The van der Waals surface area contributed by atoms with Crippen molar-refractivity contribution in [3.63, 3.8) is 0 Å². The smallest absolute Gasteiger partial charge is 0.243 e. The van der Waals surface area contributed by atoms with Gasteiger partial charge in [-0.05, 0) is 66.0 Å². The zero-order chi connectivity index (χ0) is 29.1. The average Bonchev–Trinajstić information content (AvgIpc) is 2.89. The molecule has 2 aliphatic rings. The van der Waals surface area contributed by atoms with E-state index in [9.17, 15) is 18.0 Å². The molecular formula is C31H42N4O4S. The highest BCUT2D eigenvalue weighted by Crippen LogP contribution is 2.32. The molecule has 1 fully saturated rings. The molecule has 1 aliphatic carbocycles. The van der Waals surface area contributed by atoms with E-state index in [2.05, 4.69) is 61.5 Å². The van der Waals surface area contributed by atoms with E-state index in [4.69, 9.17) is 0 Å². The summed E-state index contributed by atoms with van der Waals surface area (Å²) in [5.74, 6) is -0.798. The quantitative estimate of drug-likeness (QED) is 0.429. The first kappa shape index (κ1) is 30.0. The van der Waals surface area contributed by atoms with Crippen LogP contribution in [-0.2, 0) is 26.0 Å². The van der Waals surface area contributed by atoms with Gasteiger partial charge in [0.25, 0.3) is 0 Å². The number of carbonyl (C=O) groups is 2. The summed E-state index contributed by atoms with van der Waals surface area (Å²) in [5, 5.41) is 9.28. The van der Waals surface area contributed by atoms with Crippen LogP contribution in [0.5, 0.6) is 0 Å².